The molecule has 2 aromatic carbocycles. The average molecular weight is 352 g/mol. The number of benzene rings is 2. The molecule has 0 radical (unpaired) electrons. The number of halogens is 2. The molecular formula is C21H18F2N2O. The molecule has 3 nitrogen and oxygen atoms in total. The molecule has 1 aromatic heterocycles. The fourth-order valence-electron chi connectivity index (χ4n) is 3.11. The van der Waals surface area contributed by atoms with Gasteiger partial charge in [0, 0.05) is 23.1 Å². The lowest BCUT2D eigenvalue weighted by atomic mass is 9.78. The van der Waals surface area contributed by atoms with E-state index in [1.807, 2.05) is 19.1 Å². The number of nitriles is 1. The van der Waals surface area contributed by atoms with Crippen molar-refractivity contribution in [3.05, 3.63) is 81.1 Å². The molecule has 5 heteroatoms. The maximum absolute atomic E-state index is 14.0. The van der Waals surface area contributed by atoms with Crippen molar-refractivity contribution in [3.63, 3.8) is 0 Å². The van der Waals surface area contributed by atoms with Crippen molar-refractivity contribution in [2.45, 2.75) is 32.1 Å². The third-order valence-electron chi connectivity index (χ3n) is 4.78. The van der Waals surface area contributed by atoms with Crippen LogP contribution in [-0.4, -0.2) is 4.98 Å². The molecule has 0 fully saturated rings. The Balaban J connectivity index is 2.10. The van der Waals surface area contributed by atoms with E-state index in [4.69, 9.17) is 0 Å². The van der Waals surface area contributed by atoms with E-state index in [9.17, 15) is 18.8 Å². The summed E-state index contributed by atoms with van der Waals surface area (Å²) >= 11 is 0. The molecule has 0 amide bonds. The number of aromatic nitrogens is 1. The van der Waals surface area contributed by atoms with Crippen molar-refractivity contribution < 1.29 is 8.78 Å². The first-order valence-corrected chi connectivity index (χ1v) is 8.38. The molecule has 0 aliphatic carbocycles. The Hall–Kier alpha value is -3.00. The molecule has 26 heavy (non-hydrogen) atoms. The van der Waals surface area contributed by atoms with Gasteiger partial charge in [-0.1, -0.05) is 25.1 Å². The SMILES string of the molecule is CCc1cc2ccc(C(C)(C#N)Cc3c(F)cccc3F)cc2[nH]c1=O. The standard InChI is InChI=1S/C21H18F2N2O/c1-3-13-9-14-7-8-15(10-19(14)25-20(13)26)21(2,12-24)11-16-17(22)5-4-6-18(16)23/h4-10H,3,11H2,1-2H3,(H,25,26). The molecule has 0 saturated heterocycles. The van der Waals surface area contributed by atoms with Crippen LogP contribution >= 0.6 is 0 Å². The molecule has 3 aromatic rings. The summed E-state index contributed by atoms with van der Waals surface area (Å²) in [6, 6.07) is 12.9. The first-order chi connectivity index (χ1) is 12.4. The van der Waals surface area contributed by atoms with Gasteiger partial charge >= 0.3 is 0 Å². The number of hydrogen-bond acceptors (Lipinski definition) is 2. The molecule has 1 heterocycles. The molecule has 1 N–H and O–H groups in total. The van der Waals surface area contributed by atoms with Crippen LogP contribution in [0.5, 0.6) is 0 Å². The van der Waals surface area contributed by atoms with Crippen LogP contribution in [-0.2, 0) is 18.3 Å². The lowest BCUT2D eigenvalue weighted by Gasteiger charge is -2.23. The Morgan fingerprint density at radius 2 is 1.85 bits per heavy atom. The molecule has 1 unspecified atom stereocenters. The number of aryl methyl sites for hydroxylation is 1. The number of nitrogens with one attached hydrogen (secondary N) is 1. The van der Waals surface area contributed by atoms with Crippen LogP contribution in [0.2, 0.25) is 0 Å². The zero-order chi connectivity index (χ0) is 18.9. The second-order valence-corrected chi connectivity index (χ2v) is 6.60. The van der Waals surface area contributed by atoms with Crippen molar-refractivity contribution in [2.75, 3.05) is 0 Å². The topological polar surface area (TPSA) is 56.6 Å². The number of pyridine rings is 1. The van der Waals surface area contributed by atoms with E-state index in [1.54, 1.807) is 19.1 Å². The predicted octanol–water partition coefficient (Wildman–Crippen LogP) is 4.39. The molecule has 132 valence electrons. The summed E-state index contributed by atoms with van der Waals surface area (Å²) in [4.78, 5) is 14.9. The van der Waals surface area contributed by atoms with Crippen molar-refractivity contribution >= 4 is 10.9 Å². The Morgan fingerprint density at radius 1 is 1.15 bits per heavy atom. The van der Waals surface area contributed by atoms with Gasteiger partial charge in [0.1, 0.15) is 11.6 Å². The number of aromatic amines is 1. The zero-order valence-electron chi connectivity index (χ0n) is 14.6. The normalized spacial score (nSPS) is 13.3. The van der Waals surface area contributed by atoms with Gasteiger partial charge in [-0.25, -0.2) is 8.78 Å². The van der Waals surface area contributed by atoms with Crippen LogP contribution in [0, 0.1) is 23.0 Å². The van der Waals surface area contributed by atoms with Crippen LogP contribution in [0.15, 0.2) is 47.3 Å². The molecule has 0 bridgehead atoms. The quantitative estimate of drug-likeness (QED) is 0.757. The summed E-state index contributed by atoms with van der Waals surface area (Å²) in [5.41, 5.74) is 0.441. The minimum Gasteiger partial charge on any atom is -0.322 e. The highest BCUT2D eigenvalue weighted by molar-refractivity contribution is 5.80. The lowest BCUT2D eigenvalue weighted by molar-refractivity contribution is 0.514. The summed E-state index contributed by atoms with van der Waals surface area (Å²) in [6.45, 7) is 3.54. The summed E-state index contributed by atoms with van der Waals surface area (Å²) in [5, 5.41) is 10.6. The fourth-order valence-corrected chi connectivity index (χ4v) is 3.11. The largest absolute Gasteiger partial charge is 0.322 e. The molecule has 0 spiro atoms. The molecule has 0 aliphatic heterocycles. The second-order valence-electron chi connectivity index (χ2n) is 6.60. The lowest BCUT2D eigenvalue weighted by Crippen LogP contribution is -2.24. The van der Waals surface area contributed by atoms with E-state index >= 15 is 0 Å². The van der Waals surface area contributed by atoms with Gasteiger partial charge in [0.2, 0.25) is 0 Å². The third-order valence-corrected chi connectivity index (χ3v) is 4.78. The Morgan fingerprint density at radius 3 is 2.46 bits per heavy atom. The minimum atomic E-state index is -1.14. The first-order valence-electron chi connectivity index (χ1n) is 8.38. The first kappa shape index (κ1) is 17.8. The van der Waals surface area contributed by atoms with Crippen LogP contribution < -0.4 is 5.56 Å². The zero-order valence-corrected chi connectivity index (χ0v) is 14.6. The van der Waals surface area contributed by atoms with Crippen molar-refractivity contribution in [1.82, 2.24) is 4.98 Å². The van der Waals surface area contributed by atoms with Crippen LogP contribution in [0.3, 0.4) is 0 Å². The summed E-state index contributed by atoms with van der Waals surface area (Å²) in [5.74, 6) is -1.35. The smallest absolute Gasteiger partial charge is 0.251 e. The van der Waals surface area contributed by atoms with Gasteiger partial charge in [-0.15, -0.1) is 0 Å². The maximum atomic E-state index is 14.0. The van der Waals surface area contributed by atoms with Gasteiger partial charge in [0.25, 0.3) is 5.56 Å². The molecule has 1 atom stereocenters. The second kappa shape index (κ2) is 6.72. The van der Waals surface area contributed by atoms with Crippen LogP contribution in [0.25, 0.3) is 10.9 Å². The number of hydrogen-bond donors (Lipinski definition) is 1. The predicted molar refractivity (Wildman–Crippen MR) is 97.0 cm³/mol. The van der Waals surface area contributed by atoms with Crippen molar-refractivity contribution in [3.8, 4) is 6.07 Å². The number of rotatable bonds is 4. The molecular weight excluding hydrogens is 334 g/mol. The molecule has 0 saturated carbocycles. The highest BCUT2D eigenvalue weighted by Crippen LogP contribution is 2.31. The monoisotopic (exact) mass is 352 g/mol. The van der Waals surface area contributed by atoms with E-state index in [2.05, 4.69) is 11.1 Å². The van der Waals surface area contributed by atoms with Crippen LogP contribution in [0.1, 0.15) is 30.5 Å². The van der Waals surface area contributed by atoms with Gasteiger partial charge in [-0.05, 0) is 48.6 Å². The van der Waals surface area contributed by atoms with Gasteiger partial charge in [-0.3, -0.25) is 4.79 Å². The van der Waals surface area contributed by atoms with Gasteiger partial charge < -0.3 is 4.98 Å². The van der Waals surface area contributed by atoms with E-state index in [1.165, 1.54) is 18.2 Å². The van der Waals surface area contributed by atoms with E-state index < -0.39 is 17.0 Å². The molecule has 3 rings (SSSR count). The number of H-pyrrole nitrogens is 1. The molecule has 0 aliphatic rings. The van der Waals surface area contributed by atoms with Crippen molar-refractivity contribution in [2.24, 2.45) is 0 Å². The summed E-state index contributed by atoms with van der Waals surface area (Å²) < 4.78 is 28.1. The van der Waals surface area contributed by atoms with E-state index in [0.29, 0.717) is 23.1 Å². The average Bonchev–Trinajstić information content (AvgIpc) is 2.63. The van der Waals surface area contributed by atoms with Crippen LogP contribution in [0.4, 0.5) is 8.78 Å². The summed E-state index contributed by atoms with van der Waals surface area (Å²) in [6.07, 6.45) is 0.514. The Kier molecular flexibility index (Phi) is 4.60. The minimum absolute atomic E-state index is 0.106. The van der Waals surface area contributed by atoms with Crippen molar-refractivity contribution in [1.29, 1.82) is 5.26 Å². The summed E-state index contributed by atoms with van der Waals surface area (Å²) in [7, 11) is 0. The fraction of sp³-hybridized carbons (Fsp3) is 0.238. The third kappa shape index (κ3) is 3.11. The van der Waals surface area contributed by atoms with E-state index in [0.717, 1.165) is 5.39 Å². The van der Waals surface area contributed by atoms with E-state index in [-0.39, 0.29) is 17.5 Å². The highest BCUT2D eigenvalue weighted by Gasteiger charge is 2.30. The van der Waals surface area contributed by atoms with Gasteiger partial charge in [0.05, 0.1) is 11.5 Å². The Bertz CT molecular complexity index is 1060. The number of nitrogens with zero attached hydrogens (tertiary/aromatic N) is 1. The number of fused-ring (bicyclic) bond motifs is 1. The Labute approximate surface area is 149 Å². The maximum Gasteiger partial charge on any atom is 0.251 e. The van der Waals surface area contributed by atoms with Gasteiger partial charge in [0.15, 0.2) is 0 Å². The van der Waals surface area contributed by atoms with Gasteiger partial charge in [-0.2, -0.15) is 5.26 Å². The highest BCUT2D eigenvalue weighted by atomic mass is 19.1.